The van der Waals surface area contributed by atoms with Gasteiger partial charge < -0.3 is 4.90 Å². The summed E-state index contributed by atoms with van der Waals surface area (Å²) in [5.74, 6) is 8.36. The van der Waals surface area contributed by atoms with Gasteiger partial charge in [-0.3, -0.25) is 13.7 Å². The molecule has 0 bridgehead atoms. The van der Waals surface area contributed by atoms with Gasteiger partial charge >= 0.3 is 0 Å². The first-order valence-corrected chi connectivity index (χ1v) is 21.2. The predicted octanol–water partition coefficient (Wildman–Crippen LogP) is 10.1. The Labute approximate surface area is 258 Å². The number of hydrogen-bond donors (Lipinski definition) is 0. The third-order valence-corrected chi connectivity index (χ3v) is 15.7. The third kappa shape index (κ3) is 6.68. The Kier molecular flexibility index (Phi) is 8.94. The second kappa shape index (κ2) is 12.2. The summed E-state index contributed by atoms with van der Waals surface area (Å²) in [6.07, 6.45) is 27.5. The van der Waals surface area contributed by atoms with Crippen molar-refractivity contribution in [3.05, 3.63) is 42.5 Å². The molecule has 1 aliphatic heterocycles. The van der Waals surface area contributed by atoms with E-state index in [4.69, 9.17) is 5.87 Å². The minimum Gasteiger partial charge on any atom is -0.366 e. The molecular weight excluding hydrogens is 529 g/mol. The van der Waals surface area contributed by atoms with E-state index >= 15 is 0 Å². The Morgan fingerprint density at radius 3 is 1.74 bits per heavy atom. The lowest BCUT2D eigenvalue weighted by Gasteiger charge is -2.58. The van der Waals surface area contributed by atoms with Crippen molar-refractivity contribution in [3.63, 3.8) is 0 Å². The average Bonchev–Trinajstić information content (AvgIpc) is 2.98. The molecule has 0 aromatic heterocycles. The molecule has 3 saturated carbocycles. The molecule has 3 aliphatic carbocycles. The second-order valence-corrected chi connectivity index (χ2v) is 22.8. The molecule has 4 fully saturated rings. The normalized spacial score (nSPS) is 30.5. The van der Waals surface area contributed by atoms with Gasteiger partial charge in [-0.1, -0.05) is 74.7 Å². The minimum atomic E-state index is -1.40. The van der Waals surface area contributed by atoms with Crippen LogP contribution in [0.15, 0.2) is 42.5 Å². The Hall–Kier alpha value is -1.32. The quantitative estimate of drug-likeness (QED) is 0.296. The van der Waals surface area contributed by atoms with Gasteiger partial charge in [0.15, 0.2) is 0 Å². The fourth-order valence-electron chi connectivity index (χ4n) is 9.88. The summed E-state index contributed by atoms with van der Waals surface area (Å²) in [7, 11) is -1.40. The number of nitrogens with zero attached hydrogens (tertiary/aromatic N) is 2. The Morgan fingerprint density at radius 2 is 1.12 bits per heavy atom. The first-order valence-electron chi connectivity index (χ1n) is 17.8. The van der Waals surface area contributed by atoms with Crippen molar-refractivity contribution >= 4 is 31.1 Å². The van der Waals surface area contributed by atoms with Gasteiger partial charge in [0, 0.05) is 35.4 Å². The molecule has 0 amide bonds. The molecule has 2 aromatic carbocycles. The lowest BCUT2D eigenvalue weighted by atomic mass is 9.75. The summed E-state index contributed by atoms with van der Waals surface area (Å²) < 4.78 is 0. The summed E-state index contributed by atoms with van der Waals surface area (Å²) in [5.41, 5.74) is 1.78. The molecule has 0 spiro atoms. The van der Waals surface area contributed by atoms with Crippen molar-refractivity contribution in [2.75, 3.05) is 28.9 Å². The minimum absolute atomic E-state index is 0.289. The zero-order chi connectivity index (χ0) is 29.4. The van der Waals surface area contributed by atoms with Crippen LogP contribution in [0.5, 0.6) is 0 Å². The molecule has 2 nitrogen and oxygen atoms in total. The summed E-state index contributed by atoms with van der Waals surface area (Å²) in [6.45, 7) is 5.32. The molecule has 0 atom stereocenters. The fraction of sp³-hybridized carbons (Fsp3) is 0.718. The lowest BCUT2D eigenvalue weighted by Crippen LogP contribution is -2.61. The number of hydrogen-bond acceptors (Lipinski definition) is 2. The van der Waals surface area contributed by atoms with E-state index in [-0.39, 0.29) is 5.54 Å². The molecular formula is C39H62N2S. The summed E-state index contributed by atoms with van der Waals surface area (Å²) >= 11 is 0. The standard InChI is InChI=1S/C39H62N2S/c1-39(2,33-26-28-42(3,4,5)29-27-33)41(36-18-10-7-11-19-36)37-24-22-35(23-25-37)40(34-16-8-6-9-17-34)38-21-20-31-14-12-13-15-32(31)30-38/h12-15,20-21,30,33-37H,3,6-11,16-19,22-29H2,1-2,4-5H3. The smallest absolute Gasteiger partial charge is 0.0377 e. The highest BCUT2D eigenvalue weighted by Gasteiger charge is 2.46. The summed E-state index contributed by atoms with van der Waals surface area (Å²) in [5, 5.41) is 2.77. The Bertz CT molecular complexity index is 1240. The topological polar surface area (TPSA) is 6.48 Å². The van der Waals surface area contributed by atoms with E-state index in [1.807, 2.05) is 0 Å². The maximum atomic E-state index is 4.80. The van der Waals surface area contributed by atoms with Gasteiger partial charge in [-0.15, -0.1) is 0 Å². The summed E-state index contributed by atoms with van der Waals surface area (Å²) in [4.78, 5) is 6.11. The molecule has 2 aromatic rings. The van der Waals surface area contributed by atoms with Crippen LogP contribution in [0.1, 0.15) is 117 Å². The maximum absolute atomic E-state index is 4.80. The van der Waals surface area contributed by atoms with Gasteiger partial charge in [-0.2, -0.15) is 0 Å². The SMILES string of the molecule is C=S1(C)(C)CCC(C(C)(C)N(C2CCCCC2)C2CCC(N(c3ccc4ccccc4c3)C3CCCCC3)CC2)CC1. The lowest BCUT2D eigenvalue weighted by molar-refractivity contribution is -0.0426. The van der Waals surface area contributed by atoms with Crippen LogP contribution in [0.4, 0.5) is 5.69 Å². The van der Waals surface area contributed by atoms with Crippen molar-refractivity contribution in [3.8, 4) is 0 Å². The first kappa shape index (κ1) is 30.7. The number of rotatable bonds is 7. The Balaban J connectivity index is 1.22. The molecule has 4 aliphatic rings. The van der Waals surface area contributed by atoms with E-state index in [0.717, 1.165) is 24.0 Å². The van der Waals surface area contributed by atoms with Crippen LogP contribution >= 0.6 is 8.75 Å². The predicted molar refractivity (Wildman–Crippen MR) is 191 cm³/mol. The van der Waals surface area contributed by atoms with Crippen molar-refractivity contribution in [2.45, 2.75) is 146 Å². The van der Waals surface area contributed by atoms with Crippen molar-refractivity contribution < 1.29 is 0 Å². The van der Waals surface area contributed by atoms with Gasteiger partial charge in [0.25, 0.3) is 0 Å². The van der Waals surface area contributed by atoms with Gasteiger partial charge in [0.05, 0.1) is 0 Å². The van der Waals surface area contributed by atoms with E-state index in [1.54, 1.807) is 0 Å². The fourth-order valence-corrected chi connectivity index (χ4v) is 12.3. The van der Waals surface area contributed by atoms with E-state index in [0.29, 0.717) is 6.04 Å². The average molecular weight is 591 g/mol. The molecule has 42 heavy (non-hydrogen) atoms. The molecule has 1 heterocycles. The first-order chi connectivity index (χ1) is 20.1. The second-order valence-electron chi connectivity index (χ2n) is 16.5. The van der Waals surface area contributed by atoms with Gasteiger partial charge in [-0.25, -0.2) is 0 Å². The molecule has 0 unspecified atom stereocenters. The van der Waals surface area contributed by atoms with Gasteiger partial charge in [0.1, 0.15) is 0 Å². The largest absolute Gasteiger partial charge is 0.366 e. The van der Waals surface area contributed by atoms with Crippen LogP contribution in [-0.4, -0.2) is 64.5 Å². The van der Waals surface area contributed by atoms with Crippen LogP contribution in [0.3, 0.4) is 0 Å². The summed E-state index contributed by atoms with van der Waals surface area (Å²) in [6, 6.07) is 19.2. The highest BCUT2D eigenvalue weighted by molar-refractivity contribution is 8.45. The van der Waals surface area contributed by atoms with Crippen LogP contribution in [-0.2, 0) is 0 Å². The van der Waals surface area contributed by atoms with E-state index < -0.39 is 8.75 Å². The molecule has 0 radical (unpaired) electrons. The highest BCUT2D eigenvalue weighted by atomic mass is 32.3. The number of anilines is 1. The molecule has 1 saturated heterocycles. The number of benzene rings is 2. The van der Waals surface area contributed by atoms with E-state index in [1.165, 1.54) is 131 Å². The van der Waals surface area contributed by atoms with Crippen molar-refractivity contribution in [2.24, 2.45) is 5.92 Å². The van der Waals surface area contributed by atoms with Gasteiger partial charge in [0.2, 0.25) is 0 Å². The van der Waals surface area contributed by atoms with Crippen LogP contribution in [0.2, 0.25) is 0 Å². The molecule has 0 N–H and O–H groups in total. The molecule has 234 valence electrons. The maximum Gasteiger partial charge on any atom is 0.0377 e. The van der Waals surface area contributed by atoms with Crippen LogP contribution < -0.4 is 4.90 Å². The van der Waals surface area contributed by atoms with Crippen molar-refractivity contribution in [1.29, 1.82) is 0 Å². The van der Waals surface area contributed by atoms with E-state index in [2.05, 4.69) is 78.6 Å². The number of fused-ring (bicyclic) bond motifs is 1. The van der Waals surface area contributed by atoms with E-state index in [9.17, 15) is 0 Å². The highest BCUT2D eigenvalue weighted by Crippen LogP contribution is 2.57. The Morgan fingerprint density at radius 1 is 0.619 bits per heavy atom. The molecule has 3 heteroatoms. The van der Waals surface area contributed by atoms with Crippen LogP contribution in [0, 0.1) is 5.92 Å². The van der Waals surface area contributed by atoms with Crippen LogP contribution in [0.25, 0.3) is 10.8 Å². The third-order valence-electron chi connectivity index (χ3n) is 12.4. The monoisotopic (exact) mass is 590 g/mol. The van der Waals surface area contributed by atoms with Crippen molar-refractivity contribution in [1.82, 2.24) is 4.90 Å². The van der Waals surface area contributed by atoms with Gasteiger partial charge in [-0.05, 0) is 131 Å². The zero-order valence-corrected chi connectivity index (χ0v) is 28.5. The zero-order valence-electron chi connectivity index (χ0n) is 27.7. The molecule has 6 rings (SSSR count).